The lowest BCUT2D eigenvalue weighted by molar-refractivity contribution is 0.410. The number of anilines is 2. The molecule has 122 valence electrons. The van der Waals surface area contributed by atoms with Crippen LogP contribution in [-0.2, 0) is 13.1 Å². The first-order chi connectivity index (χ1) is 11.8. The number of methoxy groups -OCH3 is 1. The second-order valence-electron chi connectivity index (χ2n) is 5.27. The maximum Gasteiger partial charge on any atom is 0.224 e. The minimum absolute atomic E-state index is 0.601. The van der Waals surface area contributed by atoms with Crippen LogP contribution in [0, 0.1) is 0 Å². The van der Waals surface area contributed by atoms with Gasteiger partial charge < -0.3 is 15.4 Å². The van der Waals surface area contributed by atoms with Crippen molar-refractivity contribution in [2.24, 2.45) is 0 Å². The first-order valence-corrected chi connectivity index (χ1v) is 7.82. The summed E-state index contributed by atoms with van der Waals surface area (Å²) < 4.78 is 5.36. The molecule has 0 atom stereocenters. The van der Waals surface area contributed by atoms with Gasteiger partial charge >= 0.3 is 0 Å². The zero-order valence-electron chi connectivity index (χ0n) is 13.6. The normalized spacial score (nSPS) is 10.2. The number of nitrogens with zero attached hydrogens (tertiary/aromatic N) is 2. The van der Waals surface area contributed by atoms with Crippen molar-refractivity contribution in [3.8, 4) is 5.75 Å². The van der Waals surface area contributed by atoms with Gasteiger partial charge in [-0.25, -0.2) is 4.98 Å². The van der Waals surface area contributed by atoms with Gasteiger partial charge in [0.05, 0.1) is 7.11 Å². The van der Waals surface area contributed by atoms with Crippen molar-refractivity contribution in [1.29, 1.82) is 0 Å². The molecule has 0 saturated carbocycles. The summed E-state index contributed by atoms with van der Waals surface area (Å²) in [6, 6.07) is 19.9. The number of ether oxygens (including phenoxy) is 1. The zero-order chi connectivity index (χ0) is 16.6. The Balaban J connectivity index is 1.61. The van der Waals surface area contributed by atoms with Crippen molar-refractivity contribution in [3.05, 3.63) is 78.0 Å². The lowest BCUT2D eigenvalue weighted by Gasteiger charge is -2.11. The summed E-state index contributed by atoms with van der Waals surface area (Å²) in [6.07, 6.45) is 1.74. The third kappa shape index (κ3) is 4.23. The molecule has 0 fully saturated rings. The van der Waals surface area contributed by atoms with Gasteiger partial charge in [-0.1, -0.05) is 48.5 Å². The molecule has 0 amide bonds. The molecular weight excluding hydrogens is 300 g/mol. The van der Waals surface area contributed by atoms with E-state index < -0.39 is 0 Å². The molecule has 1 aromatic heterocycles. The topological polar surface area (TPSA) is 59.1 Å². The molecule has 1 heterocycles. The van der Waals surface area contributed by atoms with Crippen LogP contribution in [0.5, 0.6) is 5.75 Å². The fourth-order valence-corrected chi connectivity index (χ4v) is 2.35. The van der Waals surface area contributed by atoms with E-state index in [9.17, 15) is 0 Å². The molecule has 2 aromatic carbocycles. The van der Waals surface area contributed by atoms with Crippen molar-refractivity contribution in [2.45, 2.75) is 13.1 Å². The lowest BCUT2D eigenvalue weighted by Crippen LogP contribution is -2.07. The summed E-state index contributed by atoms with van der Waals surface area (Å²) in [5.74, 6) is 2.23. The predicted octanol–water partition coefficient (Wildman–Crippen LogP) is 3.71. The molecule has 0 aliphatic rings. The minimum atomic E-state index is 0.601. The SMILES string of the molecule is COc1ccccc1CNc1ccnc(NCc2ccccc2)n1. The van der Waals surface area contributed by atoms with Crippen molar-refractivity contribution in [1.82, 2.24) is 9.97 Å². The zero-order valence-corrected chi connectivity index (χ0v) is 13.6. The van der Waals surface area contributed by atoms with Crippen LogP contribution in [0.15, 0.2) is 66.9 Å². The van der Waals surface area contributed by atoms with Gasteiger partial charge in [0.1, 0.15) is 11.6 Å². The Morgan fingerprint density at radius 3 is 2.50 bits per heavy atom. The van der Waals surface area contributed by atoms with E-state index in [0.29, 0.717) is 19.0 Å². The van der Waals surface area contributed by atoms with Crippen LogP contribution in [0.1, 0.15) is 11.1 Å². The second kappa shape index (κ2) is 7.97. The van der Waals surface area contributed by atoms with E-state index in [1.165, 1.54) is 5.56 Å². The minimum Gasteiger partial charge on any atom is -0.496 e. The van der Waals surface area contributed by atoms with Gasteiger partial charge in [0.2, 0.25) is 5.95 Å². The maximum atomic E-state index is 5.36. The van der Waals surface area contributed by atoms with Gasteiger partial charge in [-0.2, -0.15) is 4.98 Å². The van der Waals surface area contributed by atoms with E-state index in [4.69, 9.17) is 4.74 Å². The Labute approximate surface area is 141 Å². The molecule has 24 heavy (non-hydrogen) atoms. The molecule has 3 aromatic rings. The lowest BCUT2D eigenvalue weighted by atomic mass is 10.2. The molecule has 5 nitrogen and oxygen atoms in total. The molecular formula is C19H20N4O. The van der Waals surface area contributed by atoms with Gasteiger partial charge in [-0.05, 0) is 17.7 Å². The fourth-order valence-electron chi connectivity index (χ4n) is 2.35. The highest BCUT2D eigenvalue weighted by atomic mass is 16.5. The highest BCUT2D eigenvalue weighted by molar-refractivity contribution is 5.42. The first-order valence-electron chi connectivity index (χ1n) is 7.82. The summed E-state index contributed by atoms with van der Waals surface area (Å²) in [5, 5.41) is 6.54. The Morgan fingerprint density at radius 2 is 1.67 bits per heavy atom. The van der Waals surface area contributed by atoms with Crippen molar-refractivity contribution < 1.29 is 4.74 Å². The van der Waals surface area contributed by atoms with E-state index in [1.54, 1.807) is 13.3 Å². The number of hydrogen-bond acceptors (Lipinski definition) is 5. The van der Waals surface area contributed by atoms with Crippen LogP contribution in [0.25, 0.3) is 0 Å². The third-order valence-electron chi connectivity index (χ3n) is 3.60. The van der Waals surface area contributed by atoms with Crippen molar-refractivity contribution in [3.63, 3.8) is 0 Å². The summed E-state index contributed by atoms with van der Waals surface area (Å²) >= 11 is 0. The van der Waals surface area contributed by atoms with Crippen LogP contribution < -0.4 is 15.4 Å². The molecule has 2 N–H and O–H groups in total. The Kier molecular flexibility index (Phi) is 5.24. The smallest absolute Gasteiger partial charge is 0.224 e. The van der Waals surface area contributed by atoms with Gasteiger partial charge in [0, 0.05) is 24.8 Å². The van der Waals surface area contributed by atoms with Gasteiger partial charge in [-0.3, -0.25) is 0 Å². The predicted molar refractivity (Wildman–Crippen MR) is 96.1 cm³/mol. The van der Waals surface area contributed by atoms with E-state index in [-0.39, 0.29) is 0 Å². The summed E-state index contributed by atoms with van der Waals surface area (Å²) in [7, 11) is 1.68. The van der Waals surface area contributed by atoms with Crippen molar-refractivity contribution in [2.75, 3.05) is 17.7 Å². The molecule has 0 unspecified atom stereocenters. The standard InChI is InChI=1S/C19H20N4O/c1-24-17-10-6-5-9-16(17)14-21-18-11-12-20-19(23-18)22-13-15-7-3-2-4-8-15/h2-12H,13-14H2,1H3,(H2,20,21,22,23). The molecule has 0 spiro atoms. The molecule has 0 saturated heterocycles. The Morgan fingerprint density at radius 1 is 0.875 bits per heavy atom. The van der Waals surface area contributed by atoms with Crippen molar-refractivity contribution >= 4 is 11.8 Å². The molecule has 5 heteroatoms. The van der Waals surface area contributed by atoms with Crippen LogP contribution in [0.4, 0.5) is 11.8 Å². The molecule has 0 aliphatic carbocycles. The van der Waals surface area contributed by atoms with E-state index in [1.807, 2.05) is 48.5 Å². The van der Waals surface area contributed by atoms with E-state index in [0.717, 1.165) is 17.1 Å². The van der Waals surface area contributed by atoms with E-state index >= 15 is 0 Å². The summed E-state index contributed by atoms with van der Waals surface area (Å²) in [6.45, 7) is 1.33. The first kappa shape index (κ1) is 15.8. The average molecular weight is 320 g/mol. The summed E-state index contributed by atoms with van der Waals surface area (Å²) in [5.41, 5.74) is 2.27. The molecule has 0 bridgehead atoms. The number of nitrogens with one attached hydrogen (secondary N) is 2. The highest BCUT2D eigenvalue weighted by Crippen LogP contribution is 2.18. The van der Waals surface area contributed by atoms with Crippen LogP contribution in [0.2, 0.25) is 0 Å². The van der Waals surface area contributed by atoms with Gasteiger partial charge in [0.25, 0.3) is 0 Å². The average Bonchev–Trinajstić information content (AvgIpc) is 2.66. The van der Waals surface area contributed by atoms with Gasteiger partial charge in [-0.15, -0.1) is 0 Å². The number of hydrogen-bond donors (Lipinski definition) is 2. The maximum absolute atomic E-state index is 5.36. The Bertz CT molecular complexity index is 777. The van der Waals surface area contributed by atoms with Crippen LogP contribution >= 0.6 is 0 Å². The number of benzene rings is 2. The second-order valence-corrected chi connectivity index (χ2v) is 5.27. The fraction of sp³-hybridized carbons (Fsp3) is 0.158. The monoisotopic (exact) mass is 320 g/mol. The highest BCUT2D eigenvalue weighted by Gasteiger charge is 2.03. The van der Waals surface area contributed by atoms with Gasteiger partial charge in [0.15, 0.2) is 0 Å². The number of para-hydroxylation sites is 1. The van der Waals surface area contributed by atoms with Crippen LogP contribution in [0.3, 0.4) is 0 Å². The number of aromatic nitrogens is 2. The van der Waals surface area contributed by atoms with Crippen LogP contribution in [-0.4, -0.2) is 17.1 Å². The Hall–Kier alpha value is -3.08. The third-order valence-corrected chi connectivity index (χ3v) is 3.60. The quantitative estimate of drug-likeness (QED) is 0.695. The van der Waals surface area contributed by atoms with E-state index in [2.05, 4.69) is 32.7 Å². The number of rotatable bonds is 7. The largest absolute Gasteiger partial charge is 0.496 e. The summed E-state index contributed by atoms with van der Waals surface area (Å²) in [4.78, 5) is 8.74. The molecule has 3 rings (SSSR count). The molecule has 0 aliphatic heterocycles. The molecule has 0 radical (unpaired) electrons.